The van der Waals surface area contributed by atoms with Crippen LogP contribution in [0.4, 0.5) is 0 Å². The summed E-state index contributed by atoms with van der Waals surface area (Å²) in [4.78, 5) is 0. The van der Waals surface area contributed by atoms with Crippen molar-refractivity contribution in [1.29, 1.82) is 5.26 Å². The molecule has 1 aromatic carbocycles. The van der Waals surface area contributed by atoms with Crippen LogP contribution in [0.3, 0.4) is 0 Å². The van der Waals surface area contributed by atoms with E-state index in [1.54, 1.807) is 0 Å². The highest BCUT2D eigenvalue weighted by Crippen LogP contribution is 2.22. The first-order chi connectivity index (χ1) is 6.74. The molecule has 2 rings (SSSR count). The number of allylic oxidation sites excluding steroid dienone is 1. The molecule has 0 bridgehead atoms. The van der Waals surface area contributed by atoms with E-state index in [9.17, 15) is 0 Å². The van der Waals surface area contributed by atoms with Crippen LogP contribution in [0.25, 0.3) is 16.6 Å². The predicted octanol–water partition coefficient (Wildman–Crippen LogP) is 3.00. The Kier molecular flexibility index (Phi) is 1.86. The van der Waals surface area contributed by atoms with E-state index < -0.39 is 0 Å². The van der Waals surface area contributed by atoms with Crippen molar-refractivity contribution in [3.63, 3.8) is 0 Å². The van der Waals surface area contributed by atoms with E-state index in [1.807, 2.05) is 42.0 Å². The van der Waals surface area contributed by atoms with Crippen LogP contribution in [0.2, 0.25) is 0 Å². The molecular formula is C12H10N2. The molecule has 0 aliphatic heterocycles. The molecule has 0 atom stereocenters. The van der Waals surface area contributed by atoms with Crippen LogP contribution in [0.5, 0.6) is 0 Å². The highest BCUT2D eigenvalue weighted by Gasteiger charge is 2.06. The molecule has 2 aromatic rings. The van der Waals surface area contributed by atoms with Gasteiger partial charge >= 0.3 is 0 Å². The molecule has 0 saturated carbocycles. The van der Waals surface area contributed by atoms with Gasteiger partial charge in [-0.05, 0) is 13.0 Å². The molecule has 1 heterocycles. The molecule has 2 nitrogen and oxygen atoms in total. The smallest absolute Gasteiger partial charge is 0.101 e. The Morgan fingerprint density at radius 1 is 1.43 bits per heavy atom. The molecule has 0 radical (unpaired) electrons. The average Bonchev–Trinajstić information content (AvgIpc) is 2.56. The monoisotopic (exact) mass is 182 g/mol. The molecule has 0 aliphatic carbocycles. The van der Waals surface area contributed by atoms with Crippen LogP contribution in [-0.4, -0.2) is 4.57 Å². The first-order valence-electron chi connectivity index (χ1n) is 4.40. The van der Waals surface area contributed by atoms with Gasteiger partial charge < -0.3 is 4.57 Å². The summed E-state index contributed by atoms with van der Waals surface area (Å²) < 4.78 is 1.94. The zero-order valence-corrected chi connectivity index (χ0v) is 7.99. The Bertz CT molecular complexity index is 541. The summed E-state index contributed by atoms with van der Waals surface area (Å²) in [5.74, 6) is 0. The van der Waals surface area contributed by atoms with Gasteiger partial charge in [-0.2, -0.15) is 5.26 Å². The summed E-state index contributed by atoms with van der Waals surface area (Å²) >= 11 is 0. The lowest BCUT2D eigenvalue weighted by Crippen LogP contribution is -1.87. The largest absolute Gasteiger partial charge is 0.320 e. The molecule has 2 heteroatoms. The topological polar surface area (TPSA) is 28.7 Å². The van der Waals surface area contributed by atoms with E-state index >= 15 is 0 Å². The second-order valence-electron chi connectivity index (χ2n) is 3.28. The second kappa shape index (κ2) is 3.04. The molecule has 0 N–H and O–H groups in total. The zero-order chi connectivity index (χ0) is 10.1. The SMILES string of the molecule is C=C(C)n1cc(C#N)c2ccccc21. The highest BCUT2D eigenvalue weighted by atomic mass is 15.0. The minimum Gasteiger partial charge on any atom is -0.320 e. The molecule has 0 aliphatic rings. The minimum absolute atomic E-state index is 0.698. The van der Waals surface area contributed by atoms with Gasteiger partial charge in [0.2, 0.25) is 0 Å². The van der Waals surface area contributed by atoms with Crippen molar-refractivity contribution in [2.45, 2.75) is 6.92 Å². The fourth-order valence-electron chi connectivity index (χ4n) is 1.58. The zero-order valence-electron chi connectivity index (χ0n) is 7.99. The van der Waals surface area contributed by atoms with Gasteiger partial charge in [-0.3, -0.25) is 0 Å². The van der Waals surface area contributed by atoms with Crippen molar-refractivity contribution in [1.82, 2.24) is 4.57 Å². The molecule has 0 fully saturated rings. The molecule has 1 aromatic heterocycles. The maximum absolute atomic E-state index is 8.94. The Balaban J connectivity index is 2.88. The van der Waals surface area contributed by atoms with Gasteiger partial charge in [0.05, 0.1) is 11.1 Å². The summed E-state index contributed by atoms with van der Waals surface area (Å²) in [5, 5.41) is 9.92. The van der Waals surface area contributed by atoms with Crippen molar-refractivity contribution in [2.75, 3.05) is 0 Å². The maximum Gasteiger partial charge on any atom is 0.101 e. The lowest BCUT2D eigenvalue weighted by Gasteiger charge is -2.01. The lowest BCUT2D eigenvalue weighted by atomic mass is 10.2. The average molecular weight is 182 g/mol. The van der Waals surface area contributed by atoms with Gasteiger partial charge in [-0.1, -0.05) is 24.8 Å². The maximum atomic E-state index is 8.94. The molecule has 0 saturated heterocycles. The van der Waals surface area contributed by atoms with E-state index in [-0.39, 0.29) is 0 Å². The third-order valence-electron chi connectivity index (χ3n) is 2.24. The number of aromatic nitrogens is 1. The number of fused-ring (bicyclic) bond motifs is 1. The van der Waals surface area contributed by atoms with Crippen LogP contribution in [-0.2, 0) is 0 Å². The van der Waals surface area contributed by atoms with Crippen molar-refractivity contribution in [3.05, 3.63) is 42.6 Å². The Morgan fingerprint density at radius 2 is 2.14 bits per heavy atom. The Hall–Kier alpha value is -2.01. The Morgan fingerprint density at radius 3 is 2.79 bits per heavy atom. The first kappa shape index (κ1) is 8.58. The van der Waals surface area contributed by atoms with Crippen molar-refractivity contribution in [3.8, 4) is 6.07 Å². The van der Waals surface area contributed by atoms with E-state index in [2.05, 4.69) is 12.6 Å². The van der Waals surface area contributed by atoms with Gasteiger partial charge in [0.15, 0.2) is 0 Å². The van der Waals surface area contributed by atoms with E-state index in [4.69, 9.17) is 5.26 Å². The summed E-state index contributed by atoms with van der Waals surface area (Å²) in [5.41, 5.74) is 2.66. The van der Waals surface area contributed by atoms with Crippen LogP contribution in [0, 0.1) is 11.3 Å². The molecule has 0 spiro atoms. The quantitative estimate of drug-likeness (QED) is 0.666. The van der Waals surface area contributed by atoms with Crippen molar-refractivity contribution < 1.29 is 0 Å². The fourth-order valence-corrected chi connectivity index (χ4v) is 1.58. The second-order valence-corrected chi connectivity index (χ2v) is 3.28. The van der Waals surface area contributed by atoms with Gasteiger partial charge in [0.1, 0.15) is 6.07 Å². The summed E-state index contributed by atoms with van der Waals surface area (Å²) in [6.45, 7) is 5.80. The molecule has 0 unspecified atom stereocenters. The fraction of sp³-hybridized carbons (Fsp3) is 0.0833. The summed E-state index contributed by atoms with van der Waals surface area (Å²) in [7, 11) is 0. The number of hydrogen-bond acceptors (Lipinski definition) is 1. The molecule has 68 valence electrons. The third kappa shape index (κ3) is 1.11. The first-order valence-corrected chi connectivity index (χ1v) is 4.40. The van der Waals surface area contributed by atoms with Gasteiger partial charge in [0, 0.05) is 17.3 Å². The summed E-state index contributed by atoms with van der Waals surface area (Å²) in [6.07, 6.45) is 1.83. The Labute approximate surface area is 82.7 Å². The number of nitriles is 1. The number of hydrogen-bond donors (Lipinski definition) is 0. The number of rotatable bonds is 1. The van der Waals surface area contributed by atoms with Crippen molar-refractivity contribution in [2.24, 2.45) is 0 Å². The highest BCUT2D eigenvalue weighted by molar-refractivity contribution is 5.88. The molecular weight excluding hydrogens is 172 g/mol. The van der Waals surface area contributed by atoms with E-state index in [0.717, 1.165) is 16.6 Å². The number of benzene rings is 1. The van der Waals surface area contributed by atoms with Gasteiger partial charge in [0.25, 0.3) is 0 Å². The normalized spacial score (nSPS) is 10.0. The minimum atomic E-state index is 0.698. The third-order valence-corrected chi connectivity index (χ3v) is 2.24. The predicted molar refractivity (Wildman–Crippen MR) is 57.7 cm³/mol. The van der Waals surface area contributed by atoms with Crippen LogP contribution in [0.1, 0.15) is 12.5 Å². The summed E-state index contributed by atoms with van der Waals surface area (Å²) in [6, 6.07) is 10.0. The van der Waals surface area contributed by atoms with Crippen LogP contribution < -0.4 is 0 Å². The molecule has 14 heavy (non-hydrogen) atoms. The standard InChI is InChI=1S/C12H10N2/c1-9(2)14-8-10(7-13)11-5-3-4-6-12(11)14/h3-6,8H,1H2,2H3. The van der Waals surface area contributed by atoms with Gasteiger partial charge in [-0.15, -0.1) is 0 Å². The van der Waals surface area contributed by atoms with Crippen LogP contribution in [0.15, 0.2) is 37.0 Å². The number of para-hydroxylation sites is 1. The van der Waals surface area contributed by atoms with E-state index in [1.165, 1.54) is 0 Å². The van der Waals surface area contributed by atoms with Crippen LogP contribution >= 0.6 is 0 Å². The number of nitrogens with zero attached hydrogens (tertiary/aromatic N) is 2. The van der Waals surface area contributed by atoms with E-state index in [0.29, 0.717) is 5.56 Å². The lowest BCUT2D eigenvalue weighted by molar-refractivity contribution is 1.15. The van der Waals surface area contributed by atoms with Gasteiger partial charge in [-0.25, -0.2) is 0 Å². The molecule has 0 amide bonds. The van der Waals surface area contributed by atoms with Crippen molar-refractivity contribution >= 4 is 16.6 Å².